The monoisotopic (exact) mass is 326 g/mol. The number of hydrogen-bond donors (Lipinski definition) is 1. The Labute approximate surface area is 137 Å². The van der Waals surface area contributed by atoms with Crippen LogP contribution < -0.4 is 9.47 Å². The van der Waals surface area contributed by atoms with Gasteiger partial charge in [0.2, 0.25) is 5.78 Å². The zero-order valence-corrected chi connectivity index (χ0v) is 12.8. The molecule has 0 fully saturated rings. The number of carbonyl (C=O) groups excluding carboxylic acids is 1. The first-order chi connectivity index (χ1) is 11.6. The van der Waals surface area contributed by atoms with Crippen LogP contribution in [-0.4, -0.2) is 29.4 Å². The number of nitro groups is 1. The van der Waals surface area contributed by atoms with E-state index in [1.807, 2.05) is 24.3 Å². The maximum Gasteiger partial charge on any atom is 0.273 e. The number of aromatic amines is 1. The summed E-state index contributed by atoms with van der Waals surface area (Å²) < 4.78 is 10.6. The molecule has 7 heteroatoms. The van der Waals surface area contributed by atoms with E-state index in [-0.39, 0.29) is 23.8 Å². The molecule has 24 heavy (non-hydrogen) atoms. The Morgan fingerprint density at radius 3 is 2.75 bits per heavy atom. The Hall–Kier alpha value is -3.35. The van der Waals surface area contributed by atoms with Crippen molar-refractivity contribution in [2.45, 2.75) is 0 Å². The normalized spacial score (nSPS) is 10.5. The third-order valence-electron chi connectivity index (χ3n) is 3.61. The molecule has 0 radical (unpaired) electrons. The summed E-state index contributed by atoms with van der Waals surface area (Å²) in [7, 11) is 1.43. The molecule has 0 bridgehead atoms. The van der Waals surface area contributed by atoms with Crippen molar-refractivity contribution < 1.29 is 19.2 Å². The van der Waals surface area contributed by atoms with Gasteiger partial charge in [-0.05, 0) is 12.1 Å². The number of carbonyl (C=O) groups is 1. The maximum atomic E-state index is 12.4. The lowest BCUT2D eigenvalue weighted by Gasteiger charge is -2.09. The van der Waals surface area contributed by atoms with Crippen LogP contribution in [0, 0.1) is 10.1 Å². The van der Waals surface area contributed by atoms with Crippen molar-refractivity contribution in [3.05, 3.63) is 64.3 Å². The van der Waals surface area contributed by atoms with Gasteiger partial charge in [0.05, 0.1) is 18.1 Å². The van der Waals surface area contributed by atoms with Crippen molar-refractivity contribution in [3.8, 4) is 11.5 Å². The molecule has 1 aromatic heterocycles. The summed E-state index contributed by atoms with van der Waals surface area (Å²) in [5.74, 6) is 0.244. The molecule has 122 valence electrons. The number of fused-ring (bicyclic) bond motifs is 1. The molecule has 3 rings (SSSR count). The van der Waals surface area contributed by atoms with E-state index in [2.05, 4.69) is 4.98 Å². The van der Waals surface area contributed by atoms with Crippen LogP contribution in [-0.2, 0) is 0 Å². The van der Waals surface area contributed by atoms with Gasteiger partial charge in [-0.3, -0.25) is 14.9 Å². The second-order valence-electron chi connectivity index (χ2n) is 5.05. The highest BCUT2D eigenvalue weighted by Gasteiger charge is 2.16. The van der Waals surface area contributed by atoms with Gasteiger partial charge in [-0.2, -0.15) is 0 Å². The zero-order valence-electron chi connectivity index (χ0n) is 12.8. The fraction of sp³-hybridized carbons (Fsp3) is 0.118. The smallest absolute Gasteiger partial charge is 0.273 e. The number of nitrogens with one attached hydrogen (secondary N) is 1. The number of hydrogen-bond acceptors (Lipinski definition) is 5. The molecule has 0 spiro atoms. The van der Waals surface area contributed by atoms with Crippen molar-refractivity contribution in [2.24, 2.45) is 0 Å². The van der Waals surface area contributed by atoms with E-state index in [1.165, 1.54) is 25.3 Å². The number of rotatable bonds is 6. The first-order valence-corrected chi connectivity index (χ1v) is 7.14. The molecule has 1 N–H and O–H groups in total. The third kappa shape index (κ3) is 2.91. The third-order valence-corrected chi connectivity index (χ3v) is 3.61. The number of ketones is 1. The average Bonchev–Trinajstić information content (AvgIpc) is 3.03. The SMILES string of the molecule is COc1ccc([N+](=O)[O-])cc1OCC(=O)c1c[nH]c2ccccc12. The van der Waals surface area contributed by atoms with Gasteiger partial charge in [0.1, 0.15) is 0 Å². The minimum atomic E-state index is -0.534. The van der Waals surface area contributed by atoms with E-state index in [1.54, 1.807) is 6.20 Å². The Morgan fingerprint density at radius 1 is 1.21 bits per heavy atom. The van der Waals surface area contributed by atoms with E-state index in [0.29, 0.717) is 11.3 Å². The van der Waals surface area contributed by atoms with Crippen LogP contribution in [0.2, 0.25) is 0 Å². The van der Waals surface area contributed by atoms with Gasteiger partial charge in [-0.1, -0.05) is 18.2 Å². The van der Waals surface area contributed by atoms with Crippen LogP contribution in [0.1, 0.15) is 10.4 Å². The molecule has 0 atom stereocenters. The number of non-ortho nitro benzene ring substituents is 1. The van der Waals surface area contributed by atoms with Crippen LogP contribution in [0.3, 0.4) is 0 Å². The van der Waals surface area contributed by atoms with Gasteiger partial charge in [0.25, 0.3) is 5.69 Å². The zero-order chi connectivity index (χ0) is 17.1. The average molecular weight is 326 g/mol. The summed E-state index contributed by atoms with van der Waals surface area (Å²) >= 11 is 0. The molecule has 1 heterocycles. The second kappa shape index (κ2) is 6.41. The molecule has 7 nitrogen and oxygen atoms in total. The number of nitrogens with zero attached hydrogens (tertiary/aromatic N) is 1. The highest BCUT2D eigenvalue weighted by Crippen LogP contribution is 2.31. The van der Waals surface area contributed by atoms with Gasteiger partial charge in [0.15, 0.2) is 18.1 Å². The lowest BCUT2D eigenvalue weighted by Crippen LogP contribution is -2.11. The standard InChI is InChI=1S/C17H14N2O5/c1-23-16-7-6-11(19(21)22)8-17(16)24-10-15(20)13-9-18-14-5-3-2-4-12(13)14/h2-9,18H,10H2,1H3. The van der Waals surface area contributed by atoms with Crippen molar-refractivity contribution in [1.82, 2.24) is 4.98 Å². The van der Waals surface area contributed by atoms with Crippen LogP contribution in [0.4, 0.5) is 5.69 Å². The predicted molar refractivity (Wildman–Crippen MR) is 87.8 cm³/mol. The topological polar surface area (TPSA) is 94.5 Å². The number of para-hydroxylation sites is 1. The number of benzene rings is 2. The van der Waals surface area contributed by atoms with Crippen LogP contribution in [0.5, 0.6) is 11.5 Å². The van der Waals surface area contributed by atoms with Crippen LogP contribution >= 0.6 is 0 Å². The first kappa shape index (κ1) is 15.5. The number of Topliss-reactive ketones (excluding diaryl/α,β-unsaturated/α-hetero) is 1. The summed E-state index contributed by atoms with van der Waals surface area (Å²) in [4.78, 5) is 25.7. The lowest BCUT2D eigenvalue weighted by atomic mass is 10.1. The van der Waals surface area contributed by atoms with E-state index in [0.717, 1.165) is 10.9 Å². The van der Waals surface area contributed by atoms with Gasteiger partial charge < -0.3 is 14.5 Å². The Kier molecular flexibility index (Phi) is 4.15. The van der Waals surface area contributed by atoms with Crippen molar-refractivity contribution in [2.75, 3.05) is 13.7 Å². The van der Waals surface area contributed by atoms with Crippen LogP contribution in [0.15, 0.2) is 48.7 Å². The van der Waals surface area contributed by atoms with Crippen molar-refractivity contribution in [3.63, 3.8) is 0 Å². The lowest BCUT2D eigenvalue weighted by molar-refractivity contribution is -0.385. The molecular formula is C17H14N2O5. The van der Waals surface area contributed by atoms with Crippen LogP contribution in [0.25, 0.3) is 10.9 Å². The van der Waals surface area contributed by atoms with E-state index < -0.39 is 4.92 Å². The van der Waals surface area contributed by atoms with Crippen molar-refractivity contribution in [1.29, 1.82) is 0 Å². The molecule has 0 aliphatic carbocycles. The number of ether oxygens (including phenoxy) is 2. The molecule has 0 amide bonds. The molecule has 0 aliphatic heterocycles. The van der Waals surface area contributed by atoms with E-state index in [9.17, 15) is 14.9 Å². The maximum absolute atomic E-state index is 12.4. The van der Waals surface area contributed by atoms with Gasteiger partial charge in [-0.25, -0.2) is 0 Å². The largest absolute Gasteiger partial charge is 0.493 e. The molecule has 3 aromatic rings. The summed E-state index contributed by atoms with van der Waals surface area (Å²) in [5, 5.41) is 11.7. The fourth-order valence-electron chi connectivity index (χ4n) is 2.42. The predicted octanol–water partition coefficient (Wildman–Crippen LogP) is 3.35. The molecule has 0 saturated heterocycles. The fourth-order valence-corrected chi connectivity index (χ4v) is 2.42. The molecule has 0 saturated carbocycles. The second-order valence-corrected chi connectivity index (χ2v) is 5.05. The number of methoxy groups -OCH3 is 1. The van der Waals surface area contributed by atoms with Gasteiger partial charge in [0, 0.05) is 28.7 Å². The number of nitro benzene ring substituents is 1. The summed E-state index contributed by atoms with van der Waals surface area (Å²) in [6.07, 6.45) is 1.63. The van der Waals surface area contributed by atoms with Gasteiger partial charge in [-0.15, -0.1) is 0 Å². The highest BCUT2D eigenvalue weighted by atomic mass is 16.6. The first-order valence-electron chi connectivity index (χ1n) is 7.14. The molecule has 0 aliphatic rings. The summed E-state index contributed by atoms with van der Waals surface area (Å²) in [5.41, 5.74) is 1.23. The summed E-state index contributed by atoms with van der Waals surface area (Å²) in [6, 6.07) is 11.4. The minimum absolute atomic E-state index is 0.134. The van der Waals surface area contributed by atoms with Crippen molar-refractivity contribution >= 4 is 22.4 Å². The van der Waals surface area contributed by atoms with Gasteiger partial charge >= 0.3 is 0 Å². The van der Waals surface area contributed by atoms with E-state index in [4.69, 9.17) is 9.47 Å². The molecule has 0 unspecified atom stereocenters. The molecule has 2 aromatic carbocycles. The van der Waals surface area contributed by atoms with E-state index >= 15 is 0 Å². The Balaban J connectivity index is 1.81. The quantitative estimate of drug-likeness (QED) is 0.426. The number of aromatic nitrogens is 1. The molecular weight excluding hydrogens is 312 g/mol. The summed E-state index contributed by atoms with van der Waals surface area (Å²) in [6.45, 7) is -0.251. The highest BCUT2D eigenvalue weighted by molar-refractivity contribution is 6.08. The number of H-pyrrole nitrogens is 1. The Morgan fingerprint density at radius 2 is 2.00 bits per heavy atom. The Bertz CT molecular complexity index is 916. The minimum Gasteiger partial charge on any atom is -0.493 e.